The highest BCUT2D eigenvalue weighted by molar-refractivity contribution is 5.71. The molecule has 0 heterocycles. The summed E-state index contributed by atoms with van der Waals surface area (Å²) >= 11 is 0. The van der Waals surface area contributed by atoms with Gasteiger partial charge in [0.2, 0.25) is 0 Å². The Morgan fingerprint density at radius 3 is 1.14 bits per heavy atom. The van der Waals surface area contributed by atoms with E-state index in [1.54, 1.807) is 0 Å². The third-order valence-corrected chi connectivity index (χ3v) is 8.99. The molecule has 0 aromatic carbocycles. The molecule has 6 heteroatoms. The Morgan fingerprint density at radius 1 is 0.362 bits per heavy atom. The van der Waals surface area contributed by atoms with Crippen LogP contribution in [-0.4, -0.2) is 37.2 Å². The molecule has 0 aliphatic carbocycles. The molecule has 0 saturated carbocycles. The highest BCUT2D eigenvalue weighted by Crippen LogP contribution is 2.11. The fraction of sp³-hybridized carbons (Fsp3) is 0.596. The molecule has 1 unspecified atom stereocenters. The number of ether oxygens (including phenoxy) is 3. The summed E-state index contributed by atoms with van der Waals surface area (Å²) in [7, 11) is 0. The van der Waals surface area contributed by atoms with Crippen molar-refractivity contribution in [3.05, 3.63) is 109 Å². The SMILES string of the molecule is CC/C=C\C/C=C\C/C=C\C/C=C\CCCCCCC(=O)OCC(COC(=O)CCCCCCC/C=C\CCC)OC(=O)CC/C=C\C/C=C\C/C=C\C/C=C\CC. The fourth-order valence-electron chi connectivity index (χ4n) is 5.62. The number of hydrogen-bond acceptors (Lipinski definition) is 6. The van der Waals surface area contributed by atoms with Crippen LogP contribution in [0, 0.1) is 0 Å². The van der Waals surface area contributed by atoms with Gasteiger partial charge in [0, 0.05) is 19.3 Å². The largest absolute Gasteiger partial charge is 0.462 e. The molecule has 6 nitrogen and oxygen atoms in total. The molecule has 326 valence electrons. The van der Waals surface area contributed by atoms with Crippen LogP contribution in [0.3, 0.4) is 0 Å². The summed E-state index contributed by atoms with van der Waals surface area (Å²) in [6.45, 7) is 6.22. The van der Waals surface area contributed by atoms with Crippen LogP contribution >= 0.6 is 0 Å². The van der Waals surface area contributed by atoms with Crippen molar-refractivity contribution in [2.24, 2.45) is 0 Å². The Bertz CT molecular complexity index is 1240. The van der Waals surface area contributed by atoms with Crippen molar-refractivity contribution >= 4 is 17.9 Å². The molecule has 0 aliphatic rings. The minimum absolute atomic E-state index is 0.122. The van der Waals surface area contributed by atoms with Crippen molar-refractivity contribution in [1.82, 2.24) is 0 Å². The number of allylic oxidation sites excluding steroid dienone is 18. The Kier molecular flexibility index (Phi) is 42.7. The molecular formula is C52H82O6. The summed E-state index contributed by atoms with van der Waals surface area (Å²) in [5.41, 5.74) is 0. The van der Waals surface area contributed by atoms with Crippen LogP contribution in [0.15, 0.2) is 109 Å². The third-order valence-electron chi connectivity index (χ3n) is 8.99. The van der Waals surface area contributed by atoms with Gasteiger partial charge in [-0.3, -0.25) is 14.4 Å². The van der Waals surface area contributed by atoms with Gasteiger partial charge >= 0.3 is 17.9 Å². The fourth-order valence-corrected chi connectivity index (χ4v) is 5.62. The van der Waals surface area contributed by atoms with E-state index in [1.807, 2.05) is 12.2 Å². The van der Waals surface area contributed by atoms with Crippen molar-refractivity contribution in [2.75, 3.05) is 13.2 Å². The lowest BCUT2D eigenvalue weighted by Gasteiger charge is -2.18. The number of unbranched alkanes of at least 4 members (excludes halogenated alkanes) is 10. The van der Waals surface area contributed by atoms with Crippen LogP contribution in [0.2, 0.25) is 0 Å². The second-order valence-corrected chi connectivity index (χ2v) is 14.5. The summed E-state index contributed by atoms with van der Waals surface area (Å²) in [5, 5.41) is 0. The molecule has 0 spiro atoms. The zero-order valence-corrected chi connectivity index (χ0v) is 37.0. The third kappa shape index (κ3) is 43.2. The van der Waals surface area contributed by atoms with Crippen LogP contribution in [0.25, 0.3) is 0 Å². The van der Waals surface area contributed by atoms with Gasteiger partial charge in [0.1, 0.15) is 13.2 Å². The highest BCUT2D eigenvalue weighted by Gasteiger charge is 2.19. The first-order valence-corrected chi connectivity index (χ1v) is 22.9. The lowest BCUT2D eigenvalue weighted by atomic mass is 10.1. The predicted molar refractivity (Wildman–Crippen MR) is 247 cm³/mol. The maximum absolute atomic E-state index is 12.7. The summed E-state index contributed by atoms with van der Waals surface area (Å²) in [5.74, 6) is -1.05. The smallest absolute Gasteiger partial charge is 0.306 e. The van der Waals surface area contributed by atoms with Crippen LogP contribution < -0.4 is 0 Å². The lowest BCUT2D eigenvalue weighted by Crippen LogP contribution is -2.30. The minimum atomic E-state index is -0.829. The van der Waals surface area contributed by atoms with Gasteiger partial charge in [-0.25, -0.2) is 0 Å². The summed E-state index contributed by atoms with van der Waals surface area (Å²) < 4.78 is 16.6. The van der Waals surface area contributed by atoms with Gasteiger partial charge in [-0.05, 0) is 103 Å². The van der Waals surface area contributed by atoms with E-state index in [0.29, 0.717) is 19.3 Å². The number of rotatable bonds is 39. The van der Waals surface area contributed by atoms with Crippen LogP contribution in [0.4, 0.5) is 0 Å². The quantitative estimate of drug-likeness (QED) is 0.0267. The van der Waals surface area contributed by atoms with Crippen LogP contribution in [0.1, 0.15) is 181 Å². The van der Waals surface area contributed by atoms with Gasteiger partial charge < -0.3 is 14.2 Å². The number of carbonyl (C=O) groups excluding carboxylic acids is 3. The first-order chi connectivity index (χ1) is 28.5. The standard InChI is InChI=1S/C52H82O6/c1-4-7-10-13-16-19-22-24-25-26-27-29-30-33-36-39-42-45-51(54)57-48-49(47-56-50(53)44-41-38-35-32-21-18-15-12-9-6-3)58-52(55)46-43-40-37-34-31-28-23-20-17-14-11-8-5-2/h7-8,10-12,15-17,19-20,24-25,27-29,31,37,40,49H,4-6,9,13-14,18,21-23,26,30,32-36,38-39,41-48H2,1-3H3/b10-7-,11-8-,15-12-,19-16-,20-17-,25-24-,29-27-,31-28-,40-37-. The monoisotopic (exact) mass is 803 g/mol. The van der Waals surface area contributed by atoms with E-state index in [1.165, 1.54) is 12.8 Å². The normalized spacial score (nSPS) is 13.1. The summed E-state index contributed by atoms with van der Waals surface area (Å²) in [6, 6.07) is 0. The Balaban J connectivity index is 4.53. The zero-order valence-electron chi connectivity index (χ0n) is 37.0. The average molecular weight is 803 g/mol. The van der Waals surface area contributed by atoms with Crippen molar-refractivity contribution in [2.45, 2.75) is 187 Å². The molecule has 0 aliphatic heterocycles. The number of hydrogen-bond donors (Lipinski definition) is 0. The van der Waals surface area contributed by atoms with E-state index in [-0.39, 0.29) is 31.6 Å². The van der Waals surface area contributed by atoms with Gasteiger partial charge in [-0.2, -0.15) is 0 Å². The van der Waals surface area contributed by atoms with Gasteiger partial charge in [-0.15, -0.1) is 0 Å². The first-order valence-electron chi connectivity index (χ1n) is 22.9. The molecule has 0 radical (unpaired) electrons. The molecule has 0 aromatic heterocycles. The first kappa shape index (κ1) is 54.1. The molecule has 0 N–H and O–H groups in total. The maximum Gasteiger partial charge on any atom is 0.306 e. The van der Waals surface area contributed by atoms with Crippen molar-refractivity contribution in [3.8, 4) is 0 Å². The van der Waals surface area contributed by atoms with Crippen molar-refractivity contribution in [3.63, 3.8) is 0 Å². The van der Waals surface area contributed by atoms with Gasteiger partial charge in [0.15, 0.2) is 6.10 Å². The van der Waals surface area contributed by atoms with E-state index in [2.05, 4.69) is 118 Å². The summed E-state index contributed by atoms with van der Waals surface area (Å²) in [4.78, 5) is 37.7. The van der Waals surface area contributed by atoms with E-state index in [4.69, 9.17) is 14.2 Å². The Morgan fingerprint density at radius 2 is 0.707 bits per heavy atom. The Labute approximate surface area is 355 Å². The van der Waals surface area contributed by atoms with Gasteiger partial charge in [0.25, 0.3) is 0 Å². The zero-order chi connectivity index (χ0) is 42.3. The van der Waals surface area contributed by atoms with E-state index in [0.717, 1.165) is 122 Å². The number of carbonyl (C=O) groups is 3. The van der Waals surface area contributed by atoms with E-state index >= 15 is 0 Å². The van der Waals surface area contributed by atoms with Crippen LogP contribution in [-0.2, 0) is 28.6 Å². The molecule has 0 bridgehead atoms. The molecule has 0 aromatic rings. The van der Waals surface area contributed by atoms with E-state index in [9.17, 15) is 14.4 Å². The molecule has 58 heavy (non-hydrogen) atoms. The minimum Gasteiger partial charge on any atom is -0.462 e. The highest BCUT2D eigenvalue weighted by atomic mass is 16.6. The lowest BCUT2D eigenvalue weighted by molar-refractivity contribution is -0.166. The predicted octanol–water partition coefficient (Wildman–Crippen LogP) is 14.8. The second kappa shape index (κ2) is 45.8. The topological polar surface area (TPSA) is 78.9 Å². The van der Waals surface area contributed by atoms with Crippen molar-refractivity contribution in [1.29, 1.82) is 0 Å². The van der Waals surface area contributed by atoms with E-state index < -0.39 is 12.1 Å². The van der Waals surface area contributed by atoms with Crippen molar-refractivity contribution < 1.29 is 28.6 Å². The molecule has 0 fully saturated rings. The molecule has 1 atom stereocenters. The van der Waals surface area contributed by atoms with Gasteiger partial charge in [-0.1, -0.05) is 169 Å². The maximum atomic E-state index is 12.7. The molecular weight excluding hydrogens is 721 g/mol. The summed E-state index contributed by atoms with van der Waals surface area (Å²) in [6.07, 6.45) is 60.9. The average Bonchev–Trinajstić information content (AvgIpc) is 3.22. The molecule has 0 saturated heterocycles. The Hall–Kier alpha value is -3.93. The second-order valence-electron chi connectivity index (χ2n) is 14.5. The molecule has 0 amide bonds. The number of esters is 3. The molecule has 0 rings (SSSR count). The van der Waals surface area contributed by atoms with Crippen LogP contribution in [0.5, 0.6) is 0 Å². The van der Waals surface area contributed by atoms with Gasteiger partial charge in [0.05, 0.1) is 0 Å².